The highest BCUT2D eigenvalue weighted by atomic mass is 127. The van der Waals surface area contributed by atoms with Crippen LogP contribution in [0.2, 0.25) is 0 Å². The highest BCUT2D eigenvalue weighted by Crippen LogP contribution is 2.15. The Morgan fingerprint density at radius 2 is 2.04 bits per heavy atom. The first-order chi connectivity index (χ1) is 12.6. The van der Waals surface area contributed by atoms with Crippen molar-refractivity contribution in [3.63, 3.8) is 0 Å². The second-order valence-electron chi connectivity index (χ2n) is 6.38. The number of para-hydroxylation sites is 1. The molecule has 1 aromatic heterocycles. The molecule has 1 aromatic carbocycles. The van der Waals surface area contributed by atoms with Gasteiger partial charge in [0.05, 0.1) is 6.54 Å². The Labute approximate surface area is 180 Å². The van der Waals surface area contributed by atoms with Crippen molar-refractivity contribution in [3.05, 3.63) is 48.0 Å². The summed E-state index contributed by atoms with van der Waals surface area (Å²) >= 11 is 0. The third-order valence-electron chi connectivity index (χ3n) is 4.38. The van der Waals surface area contributed by atoms with Crippen molar-refractivity contribution in [1.29, 1.82) is 0 Å². The van der Waals surface area contributed by atoms with Crippen LogP contribution in [0.5, 0.6) is 5.75 Å². The number of aryl methyl sites for hydroxylation is 3. The van der Waals surface area contributed by atoms with Crippen molar-refractivity contribution in [2.75, 3.05) is 33.8 Å². The highest BCUT2D eigenvalue weighted by Gasteiger charge is 2.06. The molecule has 0 saturated heterocycles. The second-order valence-corrected chi connectivity index (χ2v) is 6.38. The van der Waals surface area contributed by atoms with E-state index in [-0.39, 0.29) is 24.0 Å². The summed E-state index contributed by atoms with van der Waals surface area (Å²) < 4.78 is 8.05. The van der Waals surface area contributed by atoms with Crippen LogP contribution >= 0.6 is 24.0 Å². The predicted octanol–water partition coefficient (Wildman–Crippen LogP) is 3.48. The lowest BCUT2D eigenvalue weighted by Gasteiger charge is -2.22. The number of guanidine groups is 1. The summed E-state index contributed by atoms with van der Waals surface area (Å²) in [5.41, 5.74) is 1.16. The normalized spacial score (nSPS) is 11.0. The number of benzene rings is 1. The Bertz CT molecular complexity index is 701. The van der Waals surface area contributed by atoms with Gasteiger partial charge in [0, 0.05) is 39.6 Å². The zero-order valence-corrected chi connectivity index (χ0v) is 19.1. The van der Waals surface area contributed by atoms with E-state index in [9.17, 15) is 0 Å². The van der Waals surface area contributed by atoms with Gasteiger partial charge < -0.3 is 19.5 Å². The number of aromatic nitrogens is 2. The van der Waals surface area contributed by atoms with E-state index in [1.807, 2.05) is 51.6 Å². The number of hydrogen-bond donors (Lipinski definition) is 1. The summed E-state index contributed by atoms with van der Waals surface area (Å²) in [6, 6.07) is 8.08. The van der Waals surface area contributed by atoms with Gasteiger partial charge >= 0.3 is 0 Å². The van der Waals surface area contributed by atoms with E-state index >= 15 is 0 Å². The van der Waals surface area contributed by atoms with E-state index in [2.05, 4.69) is 37.8 Å². The predicted molar refractivity (Wildman–Crippen MR) is 122 cm³/mol. The van der Waals surface area contributed by atoms with Gasteiger partial charge in [0.1, 0.15) is 18.2 Å². The van der Waals surface area contributed by atoms with E-state index in [1.165, 1.54) is 0 Å². The van der Waals surface area contributed by atoms with E-state index < -0.39 is 0 Å². The SMILES string of the molecule is CN=C(NCCCCn1ccnc1C)N(C)CCOc1ccccc1C.I. The minimum atomic E-state index is 0. The molecule has 0 amide bonds. The fourth-order valence-electron chi connectivity index (χ4n) is 2.75. The van der Waals surface area contributed by atoms with Crippen LogP contribution in [-0.2, 0) is 6.54 Å². The van der Waals surface area contributed by atoms with Crippen LogP contribution in [0.1, 0.15) is 24.2 Å². The van der Waals surface area contributed by atoms with Crippen molar-refractivity contribution < 1.29 is 4.74 Å². The van der Waals surface area contributed by atoms with Gasteiger partial charge in [-0.15, -0.1) is 24.0 Å². The Morgan fingerprint density at radius 3 is 2.70 bits per heavy atom. The molecule has 150 valence electrons. The summed E-state index contributed by atoms with van der Waals surface area (Å²) in [6.45, 7) is 7.42. The van der Waals surface area contributed by atoms with Crippen LogP contribution in [0.25, 0.3) is 0 Å². The average Bonchev–Trinajstić information content (AvgIpc) is 3.04. The van der Waals surface area contributed by atoms with Crippen molar-refractivity contribution in [3.8, 4) is 5.75 Å². The monoisotopic (exact) mass is 485 g/mol. The molecule has 7 heteroatoms. The molecule has 0 unspecified atom stereocenters. The highest BCUT2D eigenvalue weighted by molar-refractivity contribution is 14.0. The fourth-order valence-corrected chi connectivity index (χ4v) is 2.75. The maximum atomic E-state index is 5.86. The molecule has 2 aromatic rings. The lowest BCUT2D eigenvalue weighted by atomic mass is 10.2. The standard InChI is InChI=1S/C20H31N5O.HI/c1-17-9-5-6-10-19(17)26-16-15-24(4)20(21-3)23-11-7-8-13-25-14-12-22-18(25)2;/h5-6,9-10,12,14H,7-8,11,13,15-16H2,1-4H3,(H,21,23);1H. The molecule has 1 N–H and O–H groups in total. The minimum absolute atomic E-state index is 0. The number of ether oxygens (including phenoxy) is 1. The topological polar surface area (TPSA) is 54.7 Å². The number of nitrogens with one attached hydrogen (secondary N) is 1. The van der Waals surface area contributed by atoms with E-state index in [1.54, 1.807) is 0 Å². The molecule has 0 saturated carbocycles. The van der Waals surface area contributed by atoms with Crippen molar-refractivity contribution in [1.82, 2.24) is 19.8 Å². The van der Waals surface area contributed by atoms with Crippen molar-refractivity contribution >= 4 is 29.9 Å². The lowest BCUT2D eigenvalue weighted by Crippen LogP contribution is -2.41. The van der Waals surface area contributed by atoms with E-state index in [0.29, 0.717) is 6.61 Å². The zero-order chi connectivity index (χ0) is 18.8. The summed E-state index contributed by atoms with van der Waals surface area (Å²) in [5.74, 6) is 2.91. The summed E-state index contributed by atoms with van der Waals surface area (Å²) in [5, 5.41) is 3.42. The largest absolute Gasteiger partial charge is 0.491 e. The minimum Gasteiger partial charge on any atom is -0.491 e. The molecule has 0 radical (unpaired) electrons. The lowest BCUT2D eigenvalue weighted by molar-refractivity contribution is 0.280. The number of rotatable bonds is 9. The van der Waals surface area contributed by atoms with Gasteiger partial charge in [0.25, 0.3) is 0 Å². The molecule has 0 atom stereocenters. The number of imidazole rings is 1. The van der Waals surface area contributed by atoms with Gasteiger partial charge in [-0.05, 0) is 38.3 Å². The molecular formula is C20H32IN5O. The quantitative estimate of drug-likeness (QED) is 0.256. The van der Waals surface area contributed by atoms with Gasteiger partial charge in [-0.3, -0.25) is 4.99 Å². The second kappa shape index (κ2) is 12.6. The Morgan fingerprint density at radius 1 is 1.26 bits per heavy atom. The summed E-state index contributed by atoms with van der Waals surface area (Å²) in [6.07, 6.45) is 6.08. The molecule has 0 aliphatic carbocycles. The van der Waals surface area contributed by atoms with Crippen LogP contribution in [-0.4, -0.2) is 54.2 Å². The molecule has 6 nitrogen and oxygen atoms in total. The number of likely N-dealkylation sites (N-methyl/N-ethyl adjacent to an activating group) is 1. The molecule has 0 spiro atoms. The van der Waals surface area contributed by atoms with Gasteiger partial charge in [0.15, 0.2) is 5.96 Å². The zero-order valence-electron chi connectivity index (χ0n) is 16.8. The average molecular weight is 485 g/mol. The number of nitrogens with zero attached hydrogens (tertiary/aromatic N) is 4. The number of halogens is 1. The van der Waals surface area contributed by atoms with Crippen LogP contribution < -0.4 is 10.1 Å². The van der Waals surface area contributed by atoms with Crippen LogP contribution in [0.15, 0.2) is 41.7 Å². The Balaban J connectivity index is 0.00000364. The number of aliphatic imine (C=N–C) groups is 1. The molecule has 0 aliphatic heterocycles. The van der Waals surface area contributed by atoms with Gasteiger partial charge in [-0.1, -0.05) is 18.2 Å². The van der Waals surface area contributed by atoms with Crippen LogP contribution in [0.3, 0.4) is 0 Å². The van der Waals surface area contributed by atoms with Crippen molar-refractivity contribution in [2.45, 2.75) is 33.2 Å². The first-order valence-electron chi connectivity index (χ1n) is 9.19. The number of hydrogen-bond acceptors (Lipinski definition) is 3. The van der Waals surface area contributed by atoms with Crippen LogP contribution in [0.4, 0.5) is 0 Å². The molecular weight excluding hydrogens is 453 g/mol. The first-order valence-corrected chi connectivity index (χ1v) is 9.19. The maximum Gasteiger partial charge on any atom is 0.193 e. The summed E-state index contributed by atoms with van der Waals surface area (Å²) in [4.78, 5) is 10.7. The smallest absolute Gasteiger partial charge is 0.193 e. The Kier molecular flexibility index (Phi) is 10.8. The third kappa shape index (κ3) is 7.78. The number of unbranched alkanes of at least 4 members (excludes halogenated alkanes) is 1. The Hall–Kier alpha value is -1.77. The maximum absolute atomic E-state index is 5.86. The molecule has 27 heavy (non-hydrogen) atoms. The van der Waals surface area contributed by atoms with Gasteiger partial charge in [-0.25, -0.2) is 4.98 Å². The van der Waals surface area contributed by atoms with E-state index in [4.69, 9.17) is 4.74 Å². The molecule has 2 rings (SSSR count). The fraction of sp³-hybridized carbons (Fsp3) is 0.500. The van der Waals surface area contributed by atoms with Crippen molar-refractivity contribution in [2.24, 2.45) is 4.99 Å². The molecule has 0 fully saturated rings. The van der Waals surface area contributed by atoms with Gasteiger partial charge in [0.2, 0.25) is 0 Å². The van der Waals surface area contributed by atoms with Gasteiger partial charge in [-0.2, -0.15) is 0 Å². The first kappa shape index (κ1) is 23.3. The third-order valence-corrected chi connectivity index (χ3v) is 4.38. The summed E-state index contributed by atoms with van der Waals surface area (Å²) in [7, 11) is 3.85. The molecule has 0 aliphatic rings. The van der Waals surface area contributed by atoms with Crippen LogP contribution in [0, 0.1) is 13.8 Å². The molecule has 0 bridgehead atoms. The molecule has 1 heterocycles. The van der Waals surface area contributed by atoms with E-state index in [0.717, 1.165) is 55.6 Å².